The third-order valence-electron chi connectivity index (χ3n) is 4.41. The lowest BCUT2D eigenvalue weighted by atomic mass is 9.97. The molecule has 1 aliphatic rings. The minimum absolute atomic E-state index is 0.0896. The molecule has 1 heterocycles. The highest BCUT2D eigenvalue weighted by Crippen LogP contribution is 2.38. The quantitative estimate of drug-likeness (QED) is 0.716. The molecule has 25 heavy (non-hydrogen) atoms. The predicted molar refractivity (Wildman–Crippen MR) is 97.2 cm³/mol. The van der Waals surface area contributed by atoms with Gasteiger partial charge in [-0.2, -0.15) is 0 Å². The summed E-state index contributed by atoms with van der Waals surface area (Å²) >= 11 is 6.18. The fourth-order valence-corrected chi connectivity index (χ4v) is 3.25. The number of carbonyl (C=O) groups is 2. The number of anilines is 1. The lowest BCUT2D eigenvalue weighted by Gasteiger charge is -2.34. The van der Waals surface area contributed by atoms with E-state index in [1.165, 1.54) is 12.0 Å². The summed E-state index contributed by atoms with van der Waals surface area (Å²) in [4.78, 5) is 26.7. The molecule has 0 radical (unpaired) electrons. The second-order valence-electron chi connectivity index (χ2n) is 6.13. The van der Waals surface area contributed by atoms with Crippen molar-refractivity contribution in [2.75, 3.05) is 31.8 Å². The first-order valence-corrected chi connectivity index (χ1v) is 8.84. The SMILES string of the molecule is CCOCCCNC(=O)C1(C)CCC(=O)N1c1ccc(OC)c(Cl)c1. The van der Waals surface area contributed by atoms with Crippen molar-refractivity contribution in [3.8, 4) is 5.75 Å². The molecule has 1 aromatic carbocycles. The van der Waals surface area contributed by atoms with Crippen LogP contribution >= 0.6 is 11.6 Å². The van der Waals surface area contributed by atoms with Gasteiger partial charge in [0.2, 0.25) is 11.8 Å². The minimum atomic E-state index is -0.930. The van der Waals surface area contributed by atoms with E-state index in [0.717, 1.165) is 6.42 Å². The molecular weight excluding hydrogens is 344 g/mol. The van der Waals surface area contributed by atoms with Gasteiger partial charge in [-0.05, 0) is 44.9 Å². The summed E-state index contributed by atoms with van der Waals surface area (Å²) in [5.41, 5.74) is -0.332. The first-order valence-electron chi connectivity index (χ1n) is 8.46. The Morgan fingerprint density at radius 2 is 2.20 bits per heavy atom. The molecule has 1 N–H and O–H groups in total. The molecule has 1 aliphatic heterocycles. The second-order valence-corrected chi connectivity index (χ2v) is 6.54. The van der Waals surface area contributed by atoms with Gasteiger partial charge in [-0.15, -0.1) is 0 Å². The number of amides is 2. The number of nitrogens with one attached hydrogen (secondary N) is 1. The Balaban J connectivity index is 2.14. The highest BCUT2D eigenvalue weighted by atomic mass is 35.5. The Morgan fingerprint density at radius 1 is 1.44 bits per heavy atom. The molecule has 2 rings (SSSR count). The van der Waals surface area contributed by atoms with Crippen LogP contribution in [0.15, 0.2) is 18.2 Å². The topological polar surface area (TPSA) is 67.9 Å². The van der Waals surface area contributed by atoms with Gasteiger partial charge in [-0.3, -0.25) is 14.5 Å². The lowest BCUT2D eigenvalue weighted by Crippen LogP contribution is -2.55. The highest BCUT2D eigenvalue weighted by molar-refractivity contribution is 6.32. The van der Waals surface area contributed by atoms with Gasteiger partial charge in [0.15, 0.2) is 0 Å². The number of halogens is 1. The number of benzene rings is 1. The molecule has 7 heteroatoms. The Kier molecular flexibility index (Phi) is 6.67. The van der Waals surface area contributed by atoms with E-state index >= 15 is 0 Å². The summed E-state index contributed by atoms with van der Waals surface area (Å²) in [5, 5.41) is 3.31. The van der Waals surface area contributed by atoms with Gasteiger partial charge in [0.05, 0.1) is 12.1 Å². The molecule has 1 atom stereocenters. The van der Waals surface area contributed by atoms with Crippen molar-refractivity contribution >= 4 is 29.1 Å². The third-order valence-corrected chi connectivity index (χ3v) is 4.70. The Morgan fingerprint density at radius 3 is 2.84 bits per heavy atom. The van der Waals surface area contributed by atoms with E-state index in [0.29, 0.717) is 49.1 Å². The van der Waals surface area contributed by atoms with Crippen LogP contribution in [0.5, 0.6) is 5.75 Å². The summed E-state index contributed by atoms with van der Waals surface area (Å²) in [7, 11) is 1.53. The Labute approximate surface area is 153 Å². The highest BCUT2D eigenvalue weighted by Gasteiger charge is 2.48. The van der Waals surface area contributed by atoms with E-state index in [1.807, 2.05) is 6.92 Å². The maximum atomic E-state index is 12.7. The van der Waals surface area contributed by atoms with Crippen LogP contribution in [0.25, 0.3) is 0 Å². The standard InChI is InChI=1S/C18H25ClN2O4/c1-4-25-11-5-10-20-17(23)18(2)9-8-16(22)21(18)13-6-7-15(24-3)14(19)12-13/h6-7,12H,4-5,8-11H2,1-3H3,(H,20,23). The zero-order valence-electron chi connectivity index (χ0n) is 14.9. The van der Waals surface area contributed by atoms with Crippen molar-refractivity contribution in [2.45, 2.75) is 38.6 Å². The number of hydrogen-bond acceptors (Lipinski definition) is 4. The second kappa shape index (κ2) is 8.54. The molecule has 0 aromatic heterocycles. The fraction of sp³-hybridized carbons (Fsp3) is 0.556. The van der Waals surface area contributed by atoms with Crippen LogP contribution in [-0.4, -0.2) is 44.2 Å². The molecule has 1 unspecified atom stereocenters. The number of rotatable bonds is 8. The van der Waals surface area contributed by atoms with Crippen LogP contribution in [0.4, 0.5) is 5.69 Å². The van der Waals surface area contributed by atoms with Crippen LogP contribution in [-0.2, 0) is 14.3 Å². The number of hydrogen-bond donors (Lipinski definition) is 1. The zero-order chi connectivity index (χ0) is 18.4. The van der Waals surface area contributed by atoms with E-state index in [-0.39, 0.29) is 11.8 Å². The molecule has 6 nitrogen and oxygen atoms in total. The van der Waals surface area contributed by atoms with Gasteiger partial charge in [-0.25, -0.2) is 0 Å². The minimum Gasteiger partial charge on any atom is -0.495 e. The smallest absolute Gasteiger partial charge is 0.246 e. The molecule has 0 spiro atoms. The van der Waals surface area contributed by atoms with Crippen molar-refractivity contribution in [1.29, 1.82) is 0 Å². The molecule has 0 bridgehead atoms. The summed E-state index contributed by atoms with van der Waals surface area (Å²) in [6, 6.07) is 5.10. The Bertz CT molecular complexity index is 638. The lowest BCUT2D eigenvalue weighted by molar-refractivity contribution is -0.127. The van der Waals surface area contributed by atoms with E-state index in [1.54, 1.807) is 25.1 Å². The average Bonchev–Trinajstić information content (AvgIpc) is 2.90. The van der Waals surface area contributed by atoms with E-state index < -0.39 is 5.54 Å². The van der Waals surface area contributed by atoms with Crippen molar-refractivity contribution in [1.82, 2.24) is 5.32 Å². The molecule has 1 saturated heterocycles. The van der Waals surface area contributed by atoms with Crippen LogP contribution in [0.1, 0.15) is 33.1 Å². The molecular formula is C18H25ClN2O4. The summed E-state index contributed by atoms with van der Waals surface area (Å²) in [6.07, 6.45) is 1.53. The van der Waals surface area contributed by atoms with Crippen molar-refractivity contribution in [3.05, 3.63) is 23.2 Å². The molecule has 1 aromatic rings. The Hall–Kier alpha value is -1.79. The summed E-state index contributed by atoms with van der Waals surface area (Å²) in [6.45, 7) is 5.49. The average molecular weight is 369 g/mol. The molecule has 138 valence electrons. The van der Waals surface area contributed by atoms with Gasteiger partial charge in [-0.1, -0.05) is 11.6 Å². The predicted octanol–water partition coefficient (Wildman–Crippen LogP) is 2.78. The van der Waals surface area contributed by atoms with Crippen LogP contribution in [0, 0.1) is 0 Å². The summed E-state index contributed by atoms with van der Waals surface area (Å²) < 4.78 is 10.4. The monoisotopic (exact) mass is 368 g/mol. The van der Waals surface area contributed by atoms with Gasteiger partial charge in [0.25, 0.3) is 0 Å². The van der Waals surface area contributed by atoms with Gasteiger partial charge in [0, 0.05) is 31.9 Å². The van der Waals surface area contributed by atoms with Crippen LogP contribution in [0.3, 0.4) is 0 Å². The van der Waals surface area contributed by atoms with Crippen LogP contribution in [0.2, 0.25) is 5.02 Å². The van der Waals surface area contributed by atoms with Crippen molar-refractivity contribution in [2.24, 2.45) is 0 Å². The maximum absolute atomic E-state index is 12.7. The molecule has 1 fully saturated rings. The molecule has 2 amide bonds. The number of nitrogens with zero attached hydrogens (tertiary/aromatic N) is 1. The third kappa shape index (κ3) is 4.25. The van der Waals surface area contributed by atoms with Gasteiger partial charge >= 0.3 is 0 Å². The zero-order valence-corrected chi connectivity index (χ0v) is 15.7. The largest absolute Gasteiger partial charge is 0.495 e. The van der Waals surface area contributed by atoms with Crippen molar-refractivity contribution in [3.63, 3.8) is 0 Å². The molecule has 0 aliphatic carbocycles. The molecule has 0 saturated carbocycles. The van der Waals surface area contributed by atoms with E-state index in [4.69, 9.17) is 21.1 Å². The summed E-state index contributed by atoms with van der Waals surface area (Å²) in [5.74, 6) is 0.272. The fourth-order valence-electron chi connectivity index (χ4n) is 3.00. The number of carbonyl (C=O) groups excluding carboxylic acids is 2. The normalized spacial score (nSPS) is 20.0. The van der Waals surface area contributed by atoms with E-state index in [9.17, 15) is 9.59 Å². The number of ether oxygens (including phenoxy) is 2. The number of methoxy groups -OCH3 is 1. The van der Waals surface area contributed by atoms with Crippen molar-refractivity contribution < 1.29 is 19.1 Å². The first-order chi connectivity index (χ1) is 11.9. The van der Waals surface area contributed by atoms with Gasteiger partial charge in [0.1, 0.15) is 11.3 Å². The van der Waals surface area contributed by atoms with Crippen LogP contribution < -0.4 is 15.0 Å². The van der Waals surface area contributed by atoms with E-state index in [2.05, 4.69) is 5.32 Å². The first kappa shape index (κ1) is 19.5. The maximum Gasteiger partial charge on any atom is 0.246 e. The van der Waals surface area contributed by atoms with Gasteiger partial charge < -0.3 is 14.8 Å².